The number of tetrazole rings is 1. The van der Waals surface area contributed by atoms with E-state index in [1.54, 1.807) is 0 Å². The lowest BCUT2D eigenvalue weighted by Gasteiger charge is -2.37. The number of ether oxygens (including phenoxy) is 1. The Balaban J connectivity index is 1.29. The van der Waals surface area contributed by atoms with Crippen LogP contribution in [0.15, 0.2) is 30.3 Å². The SMILES string of the molecule is CC1CN(CCC2CCN(c3nnnn3-c3ccccc3)CC2)CC(C)O1. The lowest BCUT2D eigenvalue weighted by Crippen LogP contribution is -2.46. The van der Waals surface area contributed by atoms with Crippen LogP contribution >= 0.6 is 0 Å². The first-order valence-corrected chi connectivity index (χ1v) is 10.2. The summed E-state index contributed by atoms with van der Waals surface area (Å²) >= 11 is 0. The average Bonchev–Trinajstić information content (AvgIpc) is 3.17. The molecule has 7 nitrogen and oxygen atoms in total. The highest BCUT2D eigenvalue weighted by atomic mass is 16.5. The van der Waals surface area contributed by atoms with Crippen molar-refractivity contribution in [3.8, 4) is 5.69 Å². The third-order valence-corrected chi connectivity index (χ3v) is 5.70. The van der Waals surface area contributed by atoms with Gasteiger partial charge in [-0.2, -0.15) is 4.68 Å². The van der Waals surface area contributed by atoms with Gasteiger partial charge in [-0.05, 0) is 68.1 Å². The first kappa shape index (κ1) is 18.4. The number of nitrogens with zero attached hydrogens (tertiary/aromatic N) is 6. The molecule has 0 saturated carbocycles. The Morgan fingerprint density at radius 1 is 1.04 bits per heavy atom. The highest BCUT2D eigenvalue weighted by molar-refractivity contribution is 5.40. The van der Waals surface area contributed by atoms with E-state index in [2.05, 4.69) is 39.2 Å². The Kier molecular flexibility index (Phi) is 5.69. The van der Waals surface area contributed by atoms with Gasteiger partial charge in [0.1, 0.15) is 0 Å². The summed E-state index contributed by atoms with van der Waals surface area (Å²) in [7, 11) is 0. The molecule has 0 aliphatic carbocycles. The fourth-order valence-corrected chi connectivity index (χ4v) is 4.37. The van der Waals surface area contributed by atoms with Crippen LogP contribution in [0.25, 0.3) is 5.69 Å². The van der Waals surface area contributed by atoms with E-state index in [0.29, 0.717) is 12.2 Å². The van der Waals surface area contributed by atoms with Crippen molar-refractivity contribution >= 4 is 5.95 Å². The molecule has 0 radical (unpaired) electrons. The van der Waals surface area contributed by atoms with Gasteiger partial charge in [0, 0.05) is 26.2 Å². The highest BCUT2D eigenvalue weighted by Crippen LogP contribution is 2.25. The minimum atomic E-state index is 0.354. The highest BCUT2D eigenvalue weighted by Gasteiger charge is 2.26. The van der Waals surface area contributed by atoms with Crippen molar-refractivity contribution in [2.24, 2.45) is 5.92 Å². The molecule has 0 spiro atoms. The van der Waals surface area contributed by atoms with E-state index in [-0.39, 0.29) is 0 Å². The molecule has 2 unspecified atom stereocenters. The van der Waals surface area contributed by atoms with Gasteiger partial charge in [-0.25, -0.2) is 0 Å². The molecule has 2 fully saturated rings. The summed E-state index contributed by atoms with van der Waals surface area (Å²) in [5.74, 6) is 1.64. The molecule has 3 heterocycles. The Bertz CT molecular complexity index is 702. The van der Waals surface area contributed by atoms with Gasteiger partial charge in [0.2, 0.25) is 5.95 Å². The molecule has 2 aromatic rings. The van der Waals surface area contributed by atoms with Crippen LogP contribution in [0.4, 0.5) is 5.95 Å². The summed E-state index contributed by atoms with van der Waals surface area (Å²) in [4.78, 5) is 4.89. The molecule has 2 aliphatic heterocycles. The molecule has 2 aliphatic rings. The number of hydrogen-bond acceptors (Lipinski definition) is 6. The largest absolute Gasteiger partial charge is 0.373 e. The summed E-state index contributed by atoms with van der Waals surface area (Å²) in [5.41, 5.74) is 1.01. The van der Waals surface area contributed by atoms with Crippen molar-refractivity contribution in [3.05, 3.63) is 30.3 Å². The fourth-order valence-electron chi connectivity index (χ4n) is 4.37. The number of piperidine rings is 1. The van der Waals surface area contributed by atoms with Crippen LogP contribution in [0.5, 0.6) is 0 Å². The number of morpholine rings is 1. The van der Waals surface area contributed by atoms with E-state index >= 15 is 0 Å². The van der Waals surface area contributed by atoms with Gasteiger partial charge in [-0.15, -0.1) is 0 Å². The normalized spacial score (nSPS) is 25.0. The van der Waals surface area contributed by atoms with E-state index in [1.165, 1.54) is 25.8 Å². The second kappa shape index (κ2) is 8.35. The van der Waals surface area contributed by atoms with Gasteiger partial charge >= 0.3 is 0 Å². The quantitative estimate of drug-likeness (QED) is 0.805. The predicted molar refractivity (Wildman–Crippen MR) is 105 cm³/mol. The predicted octanol–water partition coefficient (Wildman–Crippen LogP) is 2.38. The molecule has 1 aromatic heterocycles. The molecule has 27 heavy (non-hydrogen) atoms. The second-order valence-electron chi connectivity index (χ2n) is 7.96. The Hall–Kier alpha value is -1.99. The molecular formula is C20H30N6O. The Labute approximate surface area is 161 Å². The van der Waals surface area contributed by atoms with E-state index in [1.807, 2.05) is 35.0 Å². The summed E-state index contributed by atoms with van der Waals surface area (Å²) in [5, 5.41) is 12.4. The van der Waals surface area contributed by atoms with Crippen LogP contribution in [0.2, 0.25) is 0 Å². The van der Waals surface area contributed by atoms with E-state index < -0.39 is 0 Å². The minimum absolute atomic E-state index is 0.354. The van der Waals surface area contributed by atoms with Crippen molar-refractivity contribution in [1.82, 2.24) is 25.1 Å². The molecule has 0 amide bonds. The number of benzene rings is 1. The van der Waals surface area contributed by atoms with Gasteiger partial charge in [0.25, 0.3) is 0 Å². The van der Waals surface area contributed by atoms with Crippen LogP contribution in [0.1, 0.15) is 33.1 Å². The number of rotatable bonds is 5. The number of aromatic nitrogens is 4. The zero-order chi connectivity index (χ0) is 18.6. The molecule has 1 aromatic carbocycles. The molecule has 0 bridgehead atoms. The third kappa shape index (κ3) is 4.47. The average molecular weight is 371 g/mol. The smallest absolute Gasteiger partial charge is 0.250 e. The van der Waals surface area contributed by atoms with E-state index in [0.717, 1.165) is 43.7 Å². The van der Waals surface area contributed by atoms with Crippen LogP contribution in [-0.4, -0.2) is 70.0 Å². The van der Waals surface area contributed by atoms with Crippen LogP contribution < -0.4 is 4.90 Å². The number of anilines is 1. The zero-order valence-electron chi connectivity index (χ0n) is 16.4. The third-order valence-electron chi connectivity index (χ3n) is 5.70. The van der Waals surface area contributed by atoms with Gasteiger partial charge in [-0.1, -0.05) is 23.3 Å². The number of hydrogen-bond donors (Lipinski definition) is 0. The Morgan fingerprint density at radius 3 is 2.44 bits per heavy atom. The standard InChI is InChI=1S/C20H30N6O/c1-16-14-24(15-17(2)27-16)11-8-18-9-12-25(13-10-18)20-21-22-23-26(20)19-6-4-3-5-7-19/h3-7,16-18H,8-15H2,1-2H3. The first-order valence-electron chi connectivity index (χ1n) is 10.2. The molecule has 4 rings (SSSR count). The Morgan fingerprint density at radius 2 is 1.74 bits per heavy atom. The van der Waals surface area contributed by atoms with Crippen molar-refractivity contribution in [1.29, 1.82) is 0 Å². The molecule has 2 saturated heterocycles. The van der Waals surface area contributed by atoms with Crippen LogP contribution in [0.3, 0.4) is 0 Å². The van der Waals surface area contributed by atoms with Crippen LogP contribution in [0, 0.1) is 5.92 Å². The topological polar surface area (TPSA) is 59.3 Å². The van der Waals surface area contributed by atoms with Crippen molar-refractivity contribution in [3.63, 3.8) is 0 Å². The van der Waals surface area contributed by atoms with Gasteiger partial charge in [0.05, 0.1) is 17.9 Å². The molecule has 146 valence electrons. The maximum absolute atomic E-state index is 5.84. The summed E-state index contributed by atoms with van der Waals surface area (Å²) in [6.45, 7) is 9.71. The lowest BCUT2D eigenvalue weighted by atomic mass is 9.93. The van der Waals surface area contributed by atoms with Gasteiger partial charge in [0.15, 0.2) is 0 Å². The molecular weight excluding hydrogens is 340 g/mol. The molecule has 0 N–H and O–H groups in total. The van der Waals surface area contributed by atoms with Gasteiger partial charge in [-0.3, -0.25) is 4.90 Å². The lowest BCUT2D eigenvalue weighted by molar-refractivity contribution is -0.0690. The van der Waals surface area contributed by atoms with Crippen molar-refractivity contribution < 1.29 is 4.74 Å². The maximum Gasteiger partial charge on any atom is 0.250 e. The van der Waals surface area contributed by atoms with Crippen molar-refractivity contribution in [2.45, 2.75) is 45.3 Å². The summed E-state index contributed by atoms with van der Waals surface area (Å²) in [6, 6.07) is 10.1. The van der Waals surface area contributed by atoms with Crippen LogP contribution in [-0.2, 0) is 4.74 Å². The summed E-state index contributed by atoms with van der Waals surface area (Å²) in [6.07, 6.45) is 4.39. The van der Waals surface area contributed by atoms with E-state index in [9.17, 15) is 0 Å². The fraction of sp³-hybridized carbons (Fsp3) is 0.650. The van der Waals surface area contributed by atoms with Gasteiger partial charge < -0.3 is 9.64 Å². The second-order valence-corrected chi connectivity index (χ2v) is 7.96. The molecule has 7 heteroatoms. The number of para-hydroxylation sites is 1. The monoisotopic (exact) mass is 370 g/mol. The zero-order valence-corrected chi connectivity index (χ0v) is 16.4. The summed E-state index contributed by atoms with van der Waals surface area (Å²) < 4.78 is 7.69. The first-order chi connectivity index (χ1) is 13.2. The molecule has 2 atom stereocenters. The van der Waals surface area contributed by atoms with Crippen molar-refractivity contribution in [2.75, 3.05) is 37.6 Å². The maximum atomic E-state index is 5.84. The van der Waals surface area contributed by atoms with E-state index in [4.69, 9.17) is 4.74 Å². The minimum Gasteiger partial charge on any atom is -0.373 e.